The number of rotatable bonds is 5. The number of nitrogen functional groups attached to an aromatic ring is 1. The Bertz CT molecular complexity index is 981. The quantitative estimate of drug-likeness (QED) is 0.469. The molecular formula is C16H17N3O5S. The molecule has 8 nitrogen and oxygen atoms in total. The van der Waals surface area contributed by atoms with E-state index in [-0.39, 0.29) is 11.4 Å². The lowest BCUT2D eigenvalue weighted by atomic mass is 10.2. The molecule has 2 heterocycles. The standard InChI is InChI=1S/C16H17N3O5S/c1-9-4-5-10(25-9)6-7-12(21)24-8-11(20)13-14(17)18(2)16(23)19(3)15(13)22/h4-7H,8,17H2,1-3H3/b7-6+. The monoisotopic (exact) mass is 363 g/mol. The zero-order chi connectivity index (χ0) is 18.7. The molecule has 0 radical (unpaired) electrons. The first-order chi connectivity index (χ1) is 11.7. The maximum absolute atomic E-state index is 12.2. The molecule has 0 bridgehead atoms. The van der Waals surface area contributed by atoms with E-state index in [0.717, 1.165) is 18.9 Å². The van der Waals surface area contributed by atoms with Crippen LogP contribution in [-0.4, -0.2) is 27.5 Å². The summed E-state index contributed by atoms with van der Waals surface area (Å²) in [5.41, 5.74) is 3.82. The van der Waals surface area contributed by atoms with E-state index in [0.29, 0.717) is 0 Å². The van der Waals surface area contributed by atoms with E-state index >= 15 is 0 Å². The molecule has 0 aliphatic heterocycles. The third kappa shape index (κ3) is 3.94. The van der Waals surface area contributed by atoms with Crippen LogP contribution in [0.5, 0.6) is 0 Å². The summed E-state index contributed by atoms with van der Waals surface area (Å²) in [6, 6.07) is 3.77. The number of nitrogens with two attached hydrogens (primary N) is 1. The molecule has 2 aromatic rings. The van der Waals surface area contributed by atoms with Crippen molar-refractivity contribution in [3.05, 3.63) is 54.4 Å². The van der Waals surface area contributed by atoms with Crippen molar-refractivity contribution in [2.75, 3.05) is 12.3 Å². The normalized spacial score (nSPS) is 11.0. The van der Waals surface area contributed by atoms with Gasteiger partial charge in [0, 0.05) is 29.9 Å². The minimum Gasteiger partial charge on any atom is -0.454 e. The van der Waals surface area contributed by atoms with Crippen LogP contribution in [0.25, 0.3) is 6.08 Å². The molecule has 2 aromatic heterocycles. The van der Waals surface area contributed by atoms with Gasteiger partial charge in [-0.05, 0) is 25.1 Å². The summed E-state index contributed by atoms with van der Waals surface area (Å²) in [6.45, 7) is 1.29. The fourth-order valence-corrected chi connectivity index (χ4v) is 2.85. The molecule has 2 N–H and O–H groups in total. The van der Waals surface area contributed by atoms with Gasteiger partial charge in [0.05, 0.1) is 0 Å². The Morgan fingerprint density at radius 2 is 1.92 bits per heavy atom. The van der Waals surface area contributed by atoms with Crippen molar-refractivity contribution in [3.63, 3.8) is 0 Å². The van der Waals surface area contributed by atoms with Gasteiger partial charge in [-0.25, -0.2) is 9.59 Å². The summed E-state index contributed by atoms with van der Waals surface area (Å²) in [5.74, 6) is -1.76. The van der Waals surface area contributed by atoms with E-state index in [1.54, 1.807) is 6.08 Å². The van der Waals surface area contributed by atoms with Gasteiger partial charge in [-0.2, -0.15) is 0 Å². The largest absolute Gasteiger partial charge is 0.454 e. The lowest BCUT2D eigenvalue weighted by molar-refractivity contribution is -0.136. The van der Waals surface area contributed by atoms with Crippen molar-refractivity contribution >= 4 is 35.0 Å². The van der Waals surface area contributed by atoms with E-state index in [1.807, 2.05) is 19.1 Å². The number of esters is 1. The summed E-state index contributed by atoms with van der Waals surface area (Å²) < 4.78 is 6.59. The number of carbonyl (C=O) groups is 2. The van der Waals surface area contributed by atoms with Crippen molar-refractivity contribution in [1.29, 1.82) is 0 Å². The first-order valence-corrected chi connectivity index (χ1v) is 8.04. The molecule has 0 aliphatic rings. The molecule has 0 aromatic carbocycles. The second-order valence-electron chi connectivity index (χ2n) is 5.28. The Labute approximate surface area is 146 Å². The number of hydrogen-bond donors (Lipinski definition) is 1. The minimum atomic E-state index is -0.828. The molecule has 0 fully saturated rings. The van der Waals surface area contributed by atoms with Gasteiger partial charge in [-0.3, -0.25) is 18.7 Å². The van der Waals surface area contributed by atoms with Crippen LogP contribution in [0, 0.1) is 6.92 Å². The lowest BCUT2D eigenvalue weighted by Crippen LogP contribution is -2.42. The molecule has 0 atom stereocenters. The van der Waals surface area contributed by atoms with E-state index in [4.69, 9.17) is 10.5 Å². The van der Waals surface area contributed by atoms with Crippen LogP contribution >= 0.6 is 11.3 Å². The maximum Gasteiger partial charge on any atom is 0.332 e. The first-order valence-electron chi connectivity index (χ1n) is 7.22. The number of anilines is 1. The lowest BCUT2D eigenvalue weighted by Gasteiger charge is -2.10. The molecule has 0 amide bonds. The van der Waals surface area contributed by atoms with Gasteiger partial charge in [0.2, 0.25) is 5.78 Å². The Kier molecular flexibility index (Phi) is 5.38. The number of thiophene rings is 1. The third-order valence-corrected chi connectivity index (χ3v) is 4.44. The SMILES string of the molecule is Cc1ccc(/C=C/C(=O)OCC(=O)c2c(N)n(C)c(=O)n(C)c2=O)s1. The molecule has 25 heavy (non-hydrogen) atoms. The molecule has 0 spiro atoms. The molecule has 132 valence electrons. The van der Waals surface area contributed by atoms with Crippen molar-refractivity contribution in [2.24, 2.45) is 14.1 Å². The number of nitrogens with zero attached hydrogens (tertiary/aromatic N) is 2. The first kappa shape index (κ1) is 18.4. The topological polar surface area (TPSA) is 113 Å². The summed E-state index contributed by atoms with van der Waals surface area (Å²) in [5, 5.41) is 0. The molecule has 0 saturated heterocycles. The summed E-state index contributed by atoms with van der Waals surface area (Å²) in [7, 11) is 2.57. The molecule has 0 aliphatic carbocycles. The second kappa shape index (κ2) is 7.31. The zero-order valence-corrected chi connectivity index (χ0v) is 14.8. The van der Waals surface area contributed by atoms with E-state index in [9.17, 15) is 19.2 Å². The average molecular weight is 363 g/mol. The van der Waals surface area contributed by atoms with Gasteiger partial charge >= 0.3 is 11.7 Å². The van der Waals surface area contributed by atoms with E-state index < -0.39 is 29.6 Å². The van der Waals surface area contributed by atoms with Crippen molar-refractivity contribution in [3.8, 4) is 0 Å². The van der Waals surface area contributed by atoms with Crippen LogP contribution in [0.2, 0.25) is 0 Å². The maximum atomic E-state index is 12.2. The minimum absolute atomic E-state index is 0.265. The third-order valence-electron chi connectivity index (χ3n) is 3.48. The number of hydrogen-bond acceptors (Lipinski definition) is 7. The second-order valence-corrected chi connectivity index (χ2v) is 6.60. The van der Waals surface area contributed by atoms with Crippen LogP contribution in [0.15, 0.2) is 27.8 Å². The fraction of sp³-hybridized carbons (Fsp3) is 0.250. The number of ketones is 1. The number of aromatic nitrogens is 2. The smallest absolute Gasteiger partial charge is 0.332 e. The fourth-order valence-electron chi connectivity index (χ4n) is 2.07. The molecule has 2 rings (SSSR count). The van der Waals surface area contributed by atoms with Crippen molar-refractivity contribution < 1.29 is 14.3 Å². The highest BCUT2D eigenvalue weighted by atomic mass is 32.1. The molecular weight excluding hydrogens is 346 g/mol. The number of aryl methyl sites for hydroxylation is 1. The van der Waals surface area contributed by atoms with Crippen molar-refractivity contribution in [1.82, 2.24) is 9.13 Å². The number of carbonyl (C=O) groups excluding carboxylic acids is 2. The highest BCUT2D eigenvalue weighted by Gasteiger charge is 2.21. The van der Waals surface area contributed by atoms with Gasteiger partial charge in [0.15, 0.2) is 6.61 Å². The van der Waals surface area contributed by atoms with Crippen LogP contribution in [0.4, 0.5) is 5.82 Å². The summed E-state index contributed by atoms with van der Waals surface area (Å²) in [4.78, 5) is 49.6. The molecule has 0 unspecified atom stereocenters. The zero-order valence-electron chi connectivity index (χ0n) is 13.9. The van der Waals surface area contributed by atoms with Gasteiger partial charge in [0.25, 0.3) is 5.56 Å². The number of ether oxygens (including phenoxy) is 1. The molecule has 0 saturated carbocycles. The van der Waals surface area contributed by atoms with Gasteiger partial charge in [0.1, 0.15) is 11.4 Å². The Balaban J connectivity index is 2.11. The van der Waals surface area contributed by atoms with Crippen LogP contribution in [0.1, 0.15) is 20.1 Å². The van der Waals surface area contributed by atoms with Crippen molar-refractivity contribution in [2.45, 2.75) is 6.92 Å². The predicted octanol–water partition coefficient (Wildman–Crippen LogP) is 0.475. The van der Waals surface area contributed by atoms with Crippen LogP contribution in [-0.2, 0) is 23.6 Å². The van der Waals surface area contributed by atoms with Crippen LogP contribution in [0.3, 0.4) is 0 Å². The van der Waals surface area contributed by atoms with Crippen LogP contribution < -0.4 is 17.0 Å². The van der Waals surface area contributed by atoms with Gasteiger partial charge in [-0.1, -0.05) is 0 Å². The van der Waals surface area contributed by atoms with E-state index in [2.05, 4.69) is 0 Å². The Hall–Kier alpha value is -2.94. The summed E-state index contributed by atoms with van der Waals surface area (Å²) >= 11 is 1.50. The predicted molar refractivity (Wildman–Crippen MR) is 94.7 cm³/mol. The Morgan fingerprint density at radius 1 is 1.24 bits per heavy atom. The summed E-state index contributed by atoms with van der Waals surface area (Å²) in [6.07, 6.45) is 2.77. The van der Waals surface area contributed by atoms with E-state index in [1.165, 1.54) is 31.5 Å². The highest BCUT2D eigenvalue weighted by Crippen LogP contribution is 2.16. The number of Topliss-reactive ketones (excluding diaryl/α,β-unsaturated/α-hetero) is 1. The van der Waals surface area contributed by atoms with Gasteiger partial charge < -0.3 is 10.5 Å². The highest BCUT2D eigenvalue weighted by molar-refractivity contribution is 7.12. The van der Waals surface area contributed by atoms with Gasteiger partial charge in [-0.15, -0.1) is 11.3 Å². The average Bonchev–Trinajstić information content (AvgIpc) is 3.00. The Morgan fingerprint density at radius 3 is 2.52 bits per heavy atom. The molecule has 9 heteroatoms.